The van der Waals surface area contributed by atoms with Crippen molar-refractivity contribution in [3.8, 4) is 0 Å². The lowest BCUT2D eigenvalue weighted by atomic mass is 10.2. The van der Waals surface area contributed by atoms with Crippen LogP contribution in [0.1, 0.15) is 25.3 Å². The zero-order valence-electron chi connectivity index (χ0n) is 10.0. The van der Waals surface area contributed by atoms with Crippen LogP contribution < -0.4 is 0 Å². The third kappa shape index (κ3) is 4.51. The Balaban J connectivity index is 2.82. The molecule has 0 heterocycles. The monoisotopic (exact) mass is 252 g/mol. The van der Waals surface area contributed by atoms with E-state index in [9.17, 15) is 8.42 Å². The van der Waals surface area contributed by atoms with Crippen LogP contribution in [0, 0.1) is 6.92 Å². The number of unbranched alkanes of at least 4 members (excludes halogenated alkanes) is 1. The van der Waals surface area contributed by atoms with Crippen LogP contribution in [0.25, 0.3) is 0 Å². The van der Waals surface area contributed by atoms with Gasteiger partial charge in [0.1, 0.15) is 6.01 Å². The summed E-state index contributed by atoms with van der Waals surface area (Å²) in [6.45, 7) is 4.49. The van der Waals surface area contributed by atoms with Crippen LogP contribution in [0.4, 0.5) is 0 Å². The van der Waals surface area contributed by atoms with E-state index in [2.05, 4.69) is 15.4 Å². The molecule has 0 aliphatic carbocycles. The van der Waals surface area contributed by atoms with E-state index in [0.29, 0.717) is 6.54 Å². The Morgan fingerprint density at radius 3 is 2.47 bits per heavy atom. The maximum Gasteiger partial charge on any atom is 0.291 e. The topological polar surface area (TPSA) is 58.9 Å². The Labute approximate surface area is 102 Å². The fraction of sp³-hybridized carbons (Fsp3) is 0.417. The van der Waals surface area contributed by atoms with E-state index < -0.39 is 10.0 Å². The van der Waals surface area contributed by atoms with Gasteiger partial charge in [-0.05, 0) is 25.5 Å². The van der Waals surface area contributed by atoms with Crippen LogP contribution in [-0.4, -0.2) is 21.0 Å². The first-order chi connectivity index (χ1) is 8.06. The molecule has 0 atom stereocenters. The van der Waals surface area contributed by atoms with Gasteiger partial charge in [0.15, 0.2) is 0 Å². The average molecular weight is 252 g/mol. The Bertz CT molecular complexity index is 512. The minimum atomic E-state index is -3.64. The fourth-order valence-corrected chi connectivity index (χ4v) is 1.88. The Morgan fingerprint density at radius 1 is 1.24 bits per heavy atom. The molecule has 0 aliphatic heterocycles. The highest BCUT2D eigenvalue weighted by molar-refractivity contribution is 7.90. The van der Waals surface area contributed by atoms with Crippen LogP contribution in [0.3, 0.4) is 0 Å². The zero-order valence-corrected chi connectivity index (χ0v) is 10.9. The molecule has 17 heavy (non-hydrogen) atoms. The van der Waals surface area contributed by atoms with Crippen molar-refractivity contribution in [2.75, 3.05) is 6.54 Å². The normalized spacial score (nSPS) is 10.7. The maximum absolute atomic E-state index is 11.7. The second-order valence-corrected chi connectivity index (χ2v) is 5.32. The van der Waals surface area contributed by atoms with Crippen molar-refractivity contribution in [2.45, 2.75) is 31.6 Å². The highest BCUT2D eigenvalue weighted by Crippen LogP contribution is 2.12. The number of hydrogen-bond donors (Lipinski definition) is 0. The number of hydrogen-bond acceptors (Lipinski definition) is 3. The molecule has 4 nitrogen and oxygen atoms in total. The number of rotatable bonds is 5. The van der Waals surface area contributed by atoms with Crippen molar-refractivity contribution in [1.29, 1.82) is 0 Å². The van der Waals surface area contributed by atoms with Gasteiger partial charge >= 0.3 is 0 Å². The van der Waals surface area contributed by atoms with Crippen molar-refractivity contribution >= 4 is 16.0 Å². The first-order valence-corrected chi connectivity index (χ1v) is 6.95. The quantitative estimate of drug-likeness (QED) is 0.597. The minimum absolute atomic E-state index is 0.168. The van der Waals surface area contributed by atoms with Crippen LogP contribution in [0.2, 0.25) is 0 Å². The third-order valence-corrected chi connectivity index (χ3v) is 3.36. The second-order valence-electron chi connectivity index (χ2n) is 3.71. The molecule has 0 radical (unpaired) electrons. The van der Waals surface area contributed by atoms with E-state index in [4.69, 9.17) is 0 Å². The predicted octanol–water partition coefficient (Wildman–Crippen LogP) is 2.66. The van der Waals surface area contributed by atoms with Gasteiger partial charge in [0, 0.05) is 6.54 Å². The standard InChI is InChI=1S/C12H16N2O2S/c1-3-4-9-13-10-14-17(15,16)12-7-5-11(2)6-8-12/h5-8H,3-4,9H2,1-2H3. The summed E-state index contributed by atoms with van der Waals surface area (Å²) in [5.41, 5.74) is 1.00. The second kappa shape index (κ2) is 6.33. The van der Waals surface area contributed by atoms with Gasteiger partial charge in [0.05, 0.1) is 4.90 Å². The Hall–Kier alpha value is -1.45. The molecule has 0 spiro atoms. The number of benzene rings is 1. The molecule has 0 aliphatic rings. The Kier molecular flexibility index (Phi) is 5.07. The number of nitrogens with zero attached hydrogens (tertiary/aromatic N) is 2. The van der Waals surface area contributed by atoms with E-state index in [0.717, 1.165) is 18.4 Å². The highest BCUT2D eigenvalue weighted by atomic mass is 32.2. The van der Waals surface area contributed by atoms with Crippen molar-refractivity contribution in [3.63, 3.8) is 0 Å². The molecule has 0 amide bonds. The molecule has 0 saturated heterocycles. The van der Waals surface area contributed by atoms with Crippen LogP contribution in [0.5, 0.6) is 0 Å². The number of aliphatic imine (C=N–C) groups is 1. The maximum atomic E-state index is 11.7. The molecule has 0 unspecified atom stereocenters. The van der Waals surface area contributed by atoms with Crippen LogP contribution >= 0.6 is 0 Å². The van der Waals surface area contributed by atoms with Crippen molar-refractivity contribution < 1.29 is 8.42 Å². The van der Waals surface area contributed by atoms with Crippen molar-refractivity contribution in [1.82, 2.24) is 0 Å². The molecule has 0 fully saturated rings. The van der Waals surface area contributed by atoms with E-state index in [1.54, 1.807) is 12.1 Å². The minimum Gasteiger partial charge on any atom is -0.225 e. The summed E-state index contributed by atoms with van der Waals surface area (Å²) in [6.07, 6.45) is 1.92. The summed E-state index contributed by atoms with van der Waals surface area (Å²) in [5, 5.41) is 0. The first-order valence-electron chi connectivity index (χ1n) is 5.51. The molecule has 1 rings (SSSR count). The summed E-state index contributed by atoms with van der Waals surface area (Å²) in [5.74, 6) is 0. The summed E-state index contributed by atoms with van der Waals surface area (Å²) in [6, 6.07) is 8.76. The van der Waals surface area contributed by atoms with Gasteiger partial charge in [-0.2, -0.15) is 8.42 Å². The molecule has 0 aromatic heterocycles. The summed E-state index contributed by atoms with van der Waals surface area (Å²) < 4.78 is 26.8. The third-order valence-electron chi connectivity index (χ3n) is 2.17. The fourth-order valence-electron chi connectivity index (χ4n) is 1.13. The lowest BCUT2D eigenvalue weighted by Gasteiger charge is -1.96. The summed E-state index contributed by atoms with van der Waals surface area (Å²) in [7, 11) is -3.64. The smallest absolute Gasteiger partial charge is 0.225 e. The lowest BCUT2D eigenvalue weighted by Crippen LogP contribution is -1.95. The van der Waals surface area contributed by atoms with E-state index in [1.165, 1.54) is 12.1 Å². The molecule has 5 heteroatoms. The molecule has 1 aromatic carbocycles. The van der Waals surface area contributed by atoms with Crippen molar-refractivity contribution in [3.05, 3.63) is 29.8 Å². The zero-order chi connectivity index (χ0) is 12.7. The molecular weight excluding hydrogens is 236 g/mol. The van der Waals surface area contributed by atoms with Crippen molar-refractivity contribution in [2.24, 2.45) is 9.39 Å². The van der Waals surface area contributed by atoms with E-state index >= 15 is 0 Å². The highest BCUT2D eigenvalue weighted by Gasteiger charge is 2.10. The molecule has 1 aromatic rings. The largest absolute Gasteiger partial charge is 0.291 e. The van der Waals surface area contributed by atoms with E-state index in [-0.39, 0.29) is 4.90 Å². The number of aryl methyl sites for hydroxylation is 1. The van der Waals surface area contributed by atoms with Gasteiger partial charge in [-0.3, -0.25) is 0 Å². The van der Waals surface area contributed by atoms with Gasteiger partial charge in [-0.1, -0.05) is 35.4 Å². The van der Waals surface area contributed by atoms with Gasteiger partial charge in [-0.25, -0.2) is 4.99 Å². The molecule has 0 bridgehead atoms. The van der Waals surface area contributed by atoms with Gasteiger partial charge in [0.25, 0.3) is 10.0 Å². The Morgan fingerprint density at radius 2 is 1.88 bits per heavy atom. The van der Waals surface area contributed by atoms with Gasteiger partial charge in [-0.15, -0.1) is 0 Å². The molecule has 0 N–H and O–H groups in total. The van der Waals surface area contributed by atoms with E-state index in [1.807, 2.05) is 13.8 Å². The van der Waals surface area contributed by atoms with Crippen LogP contribution in [0.15, 0.2) is 38.6 Å². The lowest BCUT2D eigenvalue weighted by molar-refractivity contribution is 0.598. The predicted molar refractivity (Wildman–Crippen MR) is 68.0 cm³/mol. The van der Waals surface area contributed by atoms with Gasteiger partial charge < -0.3 is 0 Å². The average Bonchev–Trinajstić information content (AvgIpc) is 2.29. The molecular formula is C12H16N2O2S. The summed E-state index contributed by atoms with van der Waals surface area (Å²) in [4.78, 5) is 3.96. The SMILES string of the molecule is CCCCN=C=NS(=O)(=O)c1ccc(C)cc1. The number of sulfonamides is 1. The first kappa shape index (κ1) is 13.6. The molecule has 0 saturated carbocycles. The summed E-state index contributed by atoms with van der Waals surface area (Å²) >= 11 is 0. The van der Waals surface area contributed by atoms with Gasteiger partial charge in [0.2, 0.25) is 0 Å². The molecule has 92 valence electrons. The van der Waals surface area contributed by atoms with Crippen LogP contribution in [-0.2, 0) is 10.0 Å².